The van der Waals surface area contributed by atoms with Gasteiger partial charge < -0.3 is 20.5 Å². The van der Waals surface area contributed by atoms with Crippen molar-refractivity contribution in [1.29, 1.82) is 0 Å². The van der Waals surface area contributed by atoms with Crippen molar-refractivity contribution in [3.05, 3.63) is 23.3 Å². The number of benzene rings is 1. The monoisotopic (exact) mass is 306 g/mol. The van der Waals surface area contributed by atoms with Crippen molar-refractivity contribution in [2.45, 2.75) is 52.2 Å². The number of aliphatic hydroxyl groups excluding tert-OH is 1. The minimum absolute atomic E-state index is 0.00363. The molecular formula is C17H26N2O3. The molecule has 0 bridgehead atoms. The molecular weight excluding hydrogens is 280 g/mol. The normalized spacial score (nSPS) is 17.3. The summed E-state index contributed by atoms with van der Waals surface area (Å²) in [7, 11) is 0. The molecule has 1 aromatic carbocycles. The molecule has 3 N–H and O–H groups in total. The molecule has 1 amide bonds. The van der Waals surface area contributed by atoms with Crippen LogP contribution >= 0.6 is 0 Å². The average Bonchev–Trinajstić information content (AvgIpc) is 2.66. The molecule has 1 aliphatic rings. The maximum absolute atomic E-state index is 12.0. The van der Waals surface area contributed by atoms with Gasteiger partial charge in [0.1, 0.15) is 18.5 Å². The molecule has 1 unspecified atom stereocenters. The van der Waals surface area contributed by atoms with Crippen LogP contribution in [-0.4, -0.2) is 36.3 Å². The third kappa shape index (κ3) is 3.42. The summed E-state index contributed by atoms with van der Waals surface area (Å²) in [5.41, 5.74) is 2.24. The smallest absolute Gasteiger partial charge is 0.234 e. The number of aryl methyl sites for hydroxylation is 1. The van der Waals surface area contributed by atoms with Crippen LogP contribution in [-0.2, 0) is 10.2 Å². The van der Waals surface area contributed by atoms with Crippen LogP contribution in [0.15, 0.2) is 12.1 Å². The van der Waals surface area contributed by atoms with E-state index >= 15 is 0 Å². The molecule has 22 heavy (non-hydrogen) atoms. The summed E-state index contributed by atoms with van der Waals surface area (Å²) in [5.74, 6) is 0.688. The number of aliphatic hydroxyl groups is 1. The Morgan fingerprint density at radius 1 is 1.36 bits per heavy atom. The first-order valence-electron chi connectivity index (χ1n) is 7.72. The lowest BCUT2D eigenvalue weighted by Crippen LogP contribution is -2.35. The lowest BCUT2D eigenvalue weighted by molar-refractivity contribution is -0.119. The van der Waals surface area contributed by atoms with Crippen LogP contribution in [0.1, 0.15) is 38.8 Å². The van der Waals surface area contributed by atoms with Crippen molar-refractivity contribution in [1.82, 2.24) is 5.32 Å². The van der Waals surface area contributed by atoms with Crippen molar-refractivity contribution in [3.8, 4) is 5.75 Å². The summed E-state index contributed by atoms with van der Waals surface area (Å²) >= 11 is 0. The van der Waals surface area contributed by atoms with Crippen molar-refractivity contribution in [2.75, 3.05) is 18.5 Å². The van der Waals surface area contributed by atoms with Gasteiger partial charge in [-0.1, -0.05) is 13.8 Å². The van der Waals surface area contributed by atoms with Gasteiger partial charge >= 0.3 is 0 Å². The fourth-order valence-electron chi connectivity index (χ4n) is 2.51. The zero-order valence-corrected chi connectivity index (χ0v) is 14.0. The number of amides is 1. The predicted molar refractivity (Wildman–Crippen MR) is 87.5 cm³/mol. The molecule has 2 rings (SSSR count). The Morgan fingerprint density at radius 2 is 2.05 bits per heavy atom. The lowest BCUT2D eigenvalue weighted by atomic mass is 9.85. The van der Waals surface area contributed by atoms with E-state index in [0.29, 0.717) is 18.3 Å². The van der Waals surface area contributed by atoms with E-state index in [1.807, 2.05) is 46.8 Å². The highest BCUT2D eigenvalue weighted by Crippen LogP contribution is 2.41. The van der Waals surface area contributed by atoms with Gasteiger partial charge in [0.2, 0.25) is 5.91 Å². The number of fused-ring (bicyclic) bond motifs is 1. The van der Waals surface area contributed by atoms with Gasteiger partial charge in [0, 0.05) is 18.3 Å². The second-order valence-corrected chi connectivity index (χ2v) is 6.77. The first kappa shape index (κ1) is 16.8. The quantitative estimate of drug-likeness (QED) is 0.751. The highest BCUT2D eigenvalue weighted by Gasteiger charge is 2.39. The summed E-state index contributed by atoms with van der Waals surface area (Å²) in [6.07, 6.45) is -0.566. The van der Waals surface area contributed by atoms with E-state index < -0.39 is 11.5 Å². The Hall–Kier alpha value is -1.59. The Bertz CT molecular complexity index is 567. The van der Waals surface area contributed by atoms with Crippen molar-refractivity contribution in [3.63, 3.8) is 0 Å². The largest absolute Gasteiger partial charge is 0.491 e. The zero-order chi connectivity index (χ0) is 16.5. The number of anilines is 1. The second kappa shape index (κ2) is 6.26. The summed E-state index contributed by atoms with van der Waals surface area (Å²) in [5, 5.41) is 16.0. The minimum atomic E-state index is -0.566. The number of ether oxygens (including phenoxy) is 1. The lowest BCUT2D eigenvalue weighted by Gasteiger charge is -2.18. The van der Waals surface area contributed by atoms with E-state index in [-0.39, 0.29) is 12.5 Å². The first-order valence-corrected chi connectivity index (χ1v) is 7.72. The number of hydrogen-bond acceptors (Lipinski definition) is 4. The van der Waals surface area contributed by atoms with E-state index in [2.05, 4.69) is 10.6 Å². The van der Waals surface area contributed by atoms with E-state index in [9.17, 15) is 9.90 Å². The number of nitrogens with one attached hydrogen (secondary N) is 2. The molecule has 0 fully saturated rings. The predicted octanol–water partition coefficient (Wildman–Crippen LogP) is 1.96. The van der Waals surface area contributed by atoms with Gasteiger partial charge in [0.15, 0.2) is 0 Å². The fourth-order valence-corrected chi connectivity index (χ4v) is 2.51. The maximum Gasteiger partial charge on any atom is 0.234 e. The van der Waals surface area contributed by atoms with Gasteiger partial charge in [0.25, 0.3) is 0 Å². The number of carbonyl (C=O) groups is 1. The van der Waals surface area contributed by atoms with E-state index in [0.717, 1.165) is 16.8 Å². The van der Waals surface area contributed by atoms with Gasteiger partial charge in [-0.15, -0.1) is 0 Å². The summed E-state index contributed by atoms with van der Waals surface area (Å²) in [6, 6.07) is 4.11. The van der Waals surface area contributed by atoms with Crippen LogP contribution in [0.5, 0.6) is 5.75 Å². The molecule has 0 saturated heterocycles. The highest BCUT2D eigenvalue weighted by atomic mass is 16.5. The van der Waals surface area contributed by atoms with Crippen LogP contribution in [0.4, 0.5) is 5.69 Å². The zero-order valence-electron chi connectivity index (χ0n) is 14.0. The molecule has 122 valence electrons. The topological polar surface area (TPSA) is 70.6 Å². The van der Waals surface area contributed by atoms with Crippen LogP contribution in [0.25, 0.3) is 0 Å². The molecule has 1 aromatic rings. The van der Waals surface area contributed by atoms with Crippen molar-refractivity contribution in [2.24, 2.45) is 0 Å². The molecule has 0 aromatic heterocycles. The number of carbonyl (C=O) groups excluding carboxylic acids is 1. The Balaban J connectivity index is 2.07. The van der Waals surface area contributed by atoms with Crippen LogP contribution in [0.2, 0.25) is 0 Å². The average molecular weight is 306 g/mol. The third-order valence-electron chi connectivity index (χ3n) is 3.99. The van der Waals surface area contributed by atoms with Gasteiger partial charge in [-0.3, -0.25) is 4.79 Å². The SMILES string of the molecule is Cc1cc(OCC(O)CNC(C)C)cc2c1NC(=O)C2(C)C. The van der Waals surface area contributed by atoms with E-state index in [1.165, 1.54) is 0 Å². The van der Waals surface area contributed by atoms with Gasteiger partial charge in [-0.2, -0.15) is 0 Å². The van der Waals surface area contributed by atoms with Gasteiger partial charge in [-0.05, 0) is 44.0 Å². The molecule has 0 saturated carbocycles. The molecule has 0 aliphatic carbocycles. The van der Waals surface area contributed by atoms with Crippen LogP contribution < -0.4 is 15.4 Å². The van der Waals surface area contributed by atoms with E-state index in [4.69, 9.17) is 4.74 Å². The van der Waals surface area contributed by atoms with Gasteiger partial charge in [0.05, 0.1) is 5.41 Å². The van der Waals surface area contributed by atoms with Crippen molar-refractivity contribution < 1.29 is 14.6 Å². The molecule has 1 heterocycles. The molecule has 5 nitrogen and oxygen atoms in total. The summed E-state index contributed by atoms with van der Waals surface area (Å²) in [4.78, 5) is 12.0. The number of hydrogen-bond donors (Lipinski definition) is 3. The summed E-state index contributed by atoms with van der Waals surface area (Å²) < 4.78 is 5.71. The van der Waals surface area contributed by atoms with Crippen molar-refractivity contribution >= 4 is 11.6 Å². The standard InChI is InChI=1S/C17H26N2O3/c1-10(2)18-8-12(20)9-22-13-6-11(3)15-14(7-13)17(4,5)16(21)19-15/h6-7,10,12,18,20H,8-9H2,1-5H3,(H,19,21). The molecule has 0 radical (unpaired) electrons. The van der Waals surface area contributed by atoms with Crippen LogP contribution in [0, 0.1) is 6.92 Å². The Morgan fingerprint density at radius 3 is 2.68 bits per heavy atom. The minimum Gasteiger partial charge on any atom is -0.491 e. The Labute approximate surface area is 132 Å². The van der Waals surface area contributed by atoms with Crippen LogP contribution in [0.3, 0.4) is 0 Å². The molecule has 5 heteroatoms. The summed E-state index contributed by atoms with van der Waals surface area (Å²) in [6.45, 7) is 10.5. The number of rotatable bonds is 6. The molecule has 1 aliphatic heterocycles. The van der Waals surface area contributed by atoms with E-state index in [1.54, 1.807) is 0 Å². The van der Waals surface area contributed by atoms with Gasteiger partial charge in [-0.25, -0.2) is 0 Å². The maximum atomic E-state index is 12.0. The third-order valence-corrected chi connectivity index (χ3v) is 3.99. The molecule has 0 spiro atoms. The fraction of sp³-hybridized carbons (Fsp3) is 0.588. The highest BCUT2D eigenvalue weighted by molar-refractivity contribution is 6.06. The second-order valence-electron chi connectivity index (χ2n) is 6.77. The Kier molecular flexibility index (Phi) is 4.78. The molecule has 1 atom stereocenters. The first-order chi connectivity index (χ1) is 10.2.